The van der Waals surface area contributed by atoms with Crippen LogP contribution in [0.1, 0.15) is 50.5 Å². The normalized spacial score (nSPS) is 25.5. The summed E-state index contributed by atoms with van der Waals surface area (Å²) in [6.45, 7) is 3.36. The van der Waals surface area contributed by atoms with Crippen LogP contribution >= 0.6 is 12.4 Å². The van der Waals surface area contributed by atoms with Crippen molar-refractivity contribution in [3.8, 4) is 0 Å². The van der Waals surface area contributed by atoms with Crippen LogP contribution in [0.4, 0.5) is 0 Å². The molecule has 4 nitrogen and oxygen atoms in total. The molecule has 3 rings (SSSR count). The first-order valence-corrected chi connectivity index (χ1v) is 8.93. The molecule has 3 atom stereocenters. The van der Waals surface area contributed by atoms with Gasteiger partial charge in [0, 0.05) is 25.0 Å². The molecular formula is C19H29ClN2O2. The Balaban J connectivity index is 0.00000208. The summed E-state index contributed by atoms with van der Waals surface area (Å²) in [5, 5.41) is 0. The predicted octanol–water partition coefficient (Wildman–Crippen LogP) is 3.10. The van der Waals surface area contributed by atoms with Crippen LogP contribution in [0.3, 0.4) is 0 Å². The standard InChI is InChI=1S/C19H28N2O2.ClH/c1-2-18(23-15-10-6-7-11-15)19(22)21-12-16(17(20)13-21)14-8-4-3-5-9-14;/h3-5,8-9,15-18H,2,6-7,10-13,20H2,1H3;1H/t16-,17+,18?;/m0./s1. The van der Waals surface area contributed by atoms with Crippen molar-refractivity contribution in [2.24, 2.45) is 5.73 Å². The van der Waals surface area contributed by atoms with Crippen LogP contribution in [0.5, 0.6) is 0 Å². The van der Waals surface area contributed by atoms with E-state index in [2.05, 4.69) is 12.1 Å². The van der Waals surface area contributed by atoms with Crippen molar-refractivity contribution in [2.45, 2.75) is 63.2 Å². The molecule has 1 heterocycles. The maximum Gasteiger partial charge on any atom is 0.251 e. The number of nitrogens with zero attached hydrogens (tertiary/aromatic N) is 1. The Morgan fingerprint density at radius 2 is 1.92 bits per heavy atom. The van der Waals surface area contributed by atoms with E-state index in [9.17, 15) is 4.79 Å². The molecule has 1 aromatic carbocycles. The molecule has 1 aliphatic heterocycles. The van der Waals surface area contributed by atoms with Crippen molar-refractivity contribution in [1.29, 1.82) is 0 Å². The van der Waals surface area contributed by atoms with Crippen LogP contribution in [0.2, 0.25) is 0 Å². The molecule has 1 unspecified atom stereocenters. The third-order valence-corrected chi connectivity index (χ3v) is 5.21. The summed E-state index contributed by atoms with van der Waals surface area (Å²) >= 11 is 0. The Hall–Kier alpha value is -1.10. The quantitative estimate of drug-likeness (QED) is 0.885. The fourth-order valence-corrected chi connectivity index (χ4v) is 3.85. The van der Waals surface area contributed by atoms with Gasteiger partial charge in [-0.25, -0.2) is 0 Å². The largest absolute Gasteiger partial charge is 0.365 e. The van der Waals surface area contributed by atoms with Gasteiger partial charge in [0.1, 0.15) is 6.10 Å². The highest BCUT2D eigenvalue weighted by atomic mass is 35.5. The van der Waals surface area contributed by atoms with Crippen molar-refractivity contribution >= 4 is 18.3 Å². The number of carbonyl (C=O) groups excluding carboxylic acids is 1. The number of likely N-dealkylation sites (tertiary alicyclic amines) is 1. The molecule has 2 aliphatic rings. The van der Waals surface area contributed by atoms with E-state index in [-0.39, 0.29) is 42.5 Å². The molecular weight excluding hydrogens is 324 g/mol. The SMILES string of the molecule is CCC(OC1CCCC1)C(=O)N1C[C@@H](N)[C@H](c2ccccc2)C1.Cl. The number of amides is 1. The van der Waals surface area contributed by atoms with Gasteiger partial charge in [-0.2, -0.15) is 0 Å². The molecule has 2 fully saturated rings. The van der Waals surface area contributed by atoms with Crippen LogP contribution in [0, 0.1) is 0 Å². The summed E-state index contributed by atoms with van der Waals surface area (Å²) in [5.41, 5.74) is 7.53. The molecule has 1 aliphatic carbocycles. The second-order valence-corrected chi connectivity index (χ2v) is 6.86. The van der Waals surface area contributed by atoms with Gasteiger partial charge in [-0.1, -0.05) is 50.1 Å². The lowest BCUT2D eigenvalue weighted by Crippen LogP contribution is -2.41. The van der Waals surface area contributed by atoms with E-state index < -0.39 is 0 Å². The monoisotopic (exact) mass is 352 g/mol. The number of hydrogen-bond acceptors (Lipinski definition) is 3. The maximum absolute atomic E-state index is 12.8. The highest BCUT2D eigenvalue weighted by Crippen LogP contribution is 2.28. The van der Waals surface area contributed by atoms with Crippen molar-refractivity contribution in [1.82, 2.24) is 4.90 Å². The number of benzene rings is 1. The molecule has 1 saturated carbocycles. The number of carbonyl (C=O) groups is 1. The van der Waals surface area contributed by atoms with Crippen LogP contribution in [0.25, 0.3) is 0 Å². The summed E-state index contributed by atoms with van der Waals surface area (Å²) in [4.78, 5) is 14.7. The molecule has 0 radical (unpaired) electrons. The highest BCUT2D eigenvalue weighted by molar-refractivity contribution is 5.85. The maximum atomic E-state index is 12.8. The molecule has 1 aromatic rings. The third-order valence-electron chi connectivity index (χ3n) is 5.21. The van der Waals surface area contributed by atoms with E-state index in [4.69, 9.17) is 10.5 Å². The fourth-order valence-electron chi connectivity index (χ4n) is 3.85. The molecule has 0 bridgehead atoms. The van der Waals surface area contributed by atoms with Gasteiger partial charge in [0.25, 0.3) is 5.91 Å². The number of rotatable bonds is 5. The second kappa shape index (κ2) is 8.84. The minimum Gasteiger partial charge on any atom is -0.365 e. The van der Waals surface area contributed by atoms with E-state index in [0.717, 1.165) is 19.3 Å². The van der Waals surface area contributed by atoms with E-state index in [1.54, 1.807) is 0 Å². The van der Waals surface area contributed by atoms with E-state index in [1.165, 1.54) is 18.4 Å². The molecule has 2 N–H and O–H groups in total. The number of halogens is 1. The zero-order valence-electron chi connectivity index (χ0n) is 14.4. The van der Waals surface area contributed by atoms with Crippen molar-refractivity contribution < 1.29 is 9.53 Å². The van der Waals surface area contributed by atoms with Crippen LogP contribution in [-0.4, -0.2) is 42.1 Å². The number of nitrogens with two attached hydrogens (primary N) is 1. The second-order valence-electron chi connectivity index (χ2n) is 6.86. The van der Waals surface area contributed by atoms with Gasteiger partial charge in [-0.05, 0) is 24.8 Å². The minimum absolute atomic E-state index is 0. The highest BCUT2D eigenvalue weighted by Gasteiger charge is 2.37. The van der Waals surface area contributed by atoms with Crippen molar-refractivity contribution in [3.05, 3.63) is 35.9 Å². The molecule has 1 saturated heterocycles. The van der Waals surface area contributed by atoms with Gasteiger partial charge in [-0.15, -0.1) is 12.4 Å². The number of hydrogen-bond donors (Lipinski definition) is 1. The summed E-state index contributed by atoms with van der Waals surface area (Å²) < 4.78 is 6.08. The Bertz CT molecular complexity index is 519. The first-order valence-electron chi connectivity index (χ1n) is 8.93. The van der Waals surface area contributed by atoms with Crippen molar-refractivity contribution in [2.75, 3.05) is 13.1 Å². The van der Waals surface area contributed by atoms with E-state index >= 15 is 0 Å². The fraction of sp³-hybridized carbons (Fsp3) is 0.632. The molecule has 5 heteroatoms. The lowest BCUT2D eigenvalue weighted by atomic mass is 9.95. The zero-order chi connectivity index (χ0) is 16.2. The summed E-state index contributed by atoms with van der Waals surface area (Å²) in [6, 6.07) is 10.3. The lowest BCUT2D eigenvalue weighted by Gasteiger charge is -2.25. The molecule has 1 amide bonds. The Kier molecular flexibility index (Phi) is 7.08. The third kappa shape index (κ3) is 4.29. The first-order chi connectivity index (χ1) is 11.2. The zero-order valence-corrected chi connectivity index (χ0v) is 15.2. The van der Waals surface area contributed by atoms with Crippen LogP contribution in [0.15, 0.2) is 30.3 Å². The summed E-state index contributed by atoms with van der Waals surface area (Å²) in [6.07, 6.45) is 5.33. The van der Waals surface area contributed by atoms with E-state index in [0.29, 0.717) is 13.1 Å². The van der Waals surface area contributed by atoms with E-state index in [1.807, 2.05) is 30.0 Å². The lowest BCUT2D eigenvalue weighted by molar-refractivity contribution is -0.146. The van der Waals surface area contributed by atoms with Gasteiger partial charge < -0.3 is 15.4 Å². The predicted molar refractivity (Wildman–Crippen MR) is 98.4 cm³/mol. The molecule has 24 heavy (non-hydrogen) atoms. The summed E-state index contributed by atoms with van der Waals surface area (Å²) in [5.74, 6) is 0.345. The van der Waals surface area contributed by atoms with Gasteiger partial charge in [-0.3, -0.25) is 4.79 Å². The Morgan fingerprint density at radius 1 is 1.25 bits per heavy atom. The topological polar surface area (TPSA) is 55.6 Å². The number of ether oxygens (including phenoxy) is 1. The van der Waals surface area contributed by atoms with Gasteiger partial charge >= 0.3 is 0 Å². The molecule has 134 valence electrons. The van der Waals surface area contributed by atoms with Gasteiger partial charge in [0.2, 0.25) is 0 Å². The minimum atomic E-state index is -0.306. The average Bonchev–Trinajstić information content (AvgIpc) is 3.22. The first kappa shape index (κ1) is 19.2. The van der Waals surface area contributed by atoms with Gasteiger partial charge in [0.15, 0.2) is 0 Å². The molecule has 0 aromatic heterocycles. The summed E-state index contributed by atoms with van der Waals surface area (Å²) in [7, 11) is 0. The van der Waals surface area contributed by atoms with Gasteiger partial charge in [0.05, 0.1) is 6.10 Å². The van der Waals surface area contributed by atoms with Crippen molar-refractivity contribution in [3.63, 3.8) is 0 Å². The smallest absolute Gasteiger partial charge is 0.251 e. The molecule has 0 spiro atoms. The van der Waals surface area contributed by atoms with Crippen LogP contribution < -0.4 is 5.73 Å². The Labute approximate surface area is 151 Å². The van der Waals surface area contributed by atoms with Crippen LogP contribution in [-0.2, 0) is 9.53 Å². The average molecular weight is 353 g/mol. The Morgan fingerprint density at radius 3 is 2.54 bits per heavy atom.